The lowest BCUT2D eigenvalue weighted by atomic mass is 10.1. The zero-order valence-electron chi connectivity index (χ0n) is 7.74. The summed E-state index contributed by atoms with van der Waals surface area (Å²) in [5, 5.41) is 1.22. The Hall–Kier alpha value is -1.44. The predicted molar refractivity (Wildman–Crippen MR) is 53.7 cm³/mol. The van der Waals surface area contributed by atoms with Crippen molar-refractivity contribution >= 4 is 10.9 Å². The molecule has 1 aromatic carbocycles. The number of aromatic nitrogens is 1. The molecule has 2 rings (SSSR count). The molecule has 0 N–H and O–H groups in total. The van der Waals surface area contributed by atoms with Crippen LogP contribution in [-0.2, 0) is 0 Å². The van der Waals surface area contributed by atoms with Gasteiger partial charge in [0.2, 0.25) is 0 Å². The lowest BCUT2D eigenvalue weighted by Crippen LogP contribution is -1.82. The first-order chi connectivity index (χ1) is 5.75. The summed E-state index contributed by atoms with van der Waals surface area (Å²) in [5.41, 5.74) is 3.44. The molecule has 13 heavy (non-hydrogen) atoms. The van der Waals surface area contributed by atoms with Gasteiger partial charge in [-0.2, -0.15) is 0 Å². The zero-order chi connectivity index (χ0) is 8.55. The van der Waals surface area contributed by atoms with Crippen LogP contribution in [0.1, 0.15) is 11.3 Å². The number of fused-ring (bicyclic) bond motifs is 1. The van der Waals surface area contributed by atoms with Gasteiger partial charge in [0.1, 0.15) is 0 Å². The van der Waals surface area contributed by atoms with Gasteiger partial charge in [-0.3, -0.25) is 9.69 Å². The van der Waals surface area contributed by atoms with E-state index >= 15 is 0 Å². The summed E-state index contributed by atoms with van der Waals surface area (Å²) in [6, 6.07) is 10.5. The number of aryl methyl sites for hydroxylation is 2. The molecule has 0 amide bonds. The fourth-order valence-corrected chi connectivity index (χ4v) is 1.35. The van der Waals surface area contributed by atoms with E-state index in [2.05, 4.69) is 36.2 Å². The molecule has 0 spiro atoms. The number of nitrogens with zero attached hydrogens (tertiary/aromatic N) is 1. The molecular weight excluding hydrogens is 165 g/mol. The predicted octanol–water partition coefficient (Wildman–Crippen LogP) is 3.00. The first-order valence-corrected chi connectivity index (χ1v) is 4.10. The fourth-order valence-electron chi connectivity index (χ4n) is 1.35. The van der Waals surface area contributed by atoms with Crippen molar-refractivity contribution in [2.24, 2.45) is 0 Å². The number of halogens is 1. The average Bonchev–Trinajstić information content (AvgIpc) is 2.05. The number of benzene rings is 1. The van der Waals surface area contributed by atoms with Gasteiger partial charge in [0, 0.05) is 11.1 Å². The van der Waals surface area contributed by atoms with Crippen molar-refractivity contribution in [2.75, 3.05) is 0 Å². The van der Waals surface area contributed by atoms with Crippen LogP contribution in [0.15, 0.2) is 30.3 Å². The summed E-state index contributed by atoms with van der Waals surface area (Å²) in [5.74, 6) is 0. The molecule has 2 aromatic rings. The second-order valence-electron chi connectivity index (χ2n) is 3.15. The van der Waals surface area contributed by atoms with Gasteiger partial charge < -0.3 is 0 Å². The molecule has 0 atom stereocenters. The van der Waals surface area contributed by atoms with Gasteiger partial charge in [0.15, 0.2) is 0 Å². The van der Waals surface area contributed by atoms with E-state index in [1.54, 1.807) is 0 Å². The Balaban J connectivity index is 0.000000845. The van der Waals surface area contributed by atoms with Crippen molar-refractivity contribution in [1.29, 1.82) is 0 Å². The Morgan fingerprint density at radius 2 is 1.77 bits per heavy atom. The van der Waals surface area contributed by atoms with Crippen molar-refractivity contribution in [3.63, 3.8) is 0 Å². The highest BCUT2D eigenvalue weighted by molar-refractivity contribution is 5.79. The summed E-state index contributed by atoms with van der Waals surface area (Å²) >= 11 is 0. The lowest BCUT2D eigenvalue weighted by molar-refractivity contribution is 1.11. The van der Waals surface area contributed by atoms with E-state index in [-0.39, 0.29) is 4.70 Å². The number of rotatable bonds is 0. The Morgan fingerprint density at radius 1 is 1.00 bits per heavy atom. The molecule has 1 heterocycles. The minimum absolute atomic E-state index is 0. The minimum atomic E-state index is 0. The van der Waals surface area contributed by atoms with Gasteiger partial charge in [-0.1, -0.05) is 17.7 Å². The SMILES string of the molecule is Cc1ccc2nc(C)ccc2c1.F. The molecule has 1 nitrogen and oxygen atoms in total. The van der Waals surface area contributed by atoms with Crippen molar-refractivity contribution < 1.29 is 4.70 Å². The minimum Gasteiger partial charge on any atom is -0.269 e. The summed E-state index contributed by atoms with van der Waals surface area (Å²) in [7, 11) is 0. The lowest BCUT2D eigenvalue weighted by Gasteiger charge is -1.99. The number of pyridine rings is 1. The van der Waals surface area contributed by atoms with E-state index in [4.69, 9.17) is 0 Å². The van der Waals surface area contributed by atoms with Gasteiger partial charge >= 0.3 is 0 Å². The highest BCUT2D eigenvalue weighted by Gasteiger charge is 1.94. The highest BCUT2D eigenvalue weighted by atomic mass is 19.0. The Morgan fingerprint density at radius 3 is 2.54 bits per heavy atom. The number of hydrogen-bond donors (Lipinski definition) is 0. The smallest absolute Gasteiger partial charge is 0.0705 e. The van der Waals surface area contributed by atoms with Crippen LogP contribution in [0.2, 0.25) is 0 Å². The molecule has 0 fully saturated rings. The Labute approximate surface area is 76.8 Å². The summed E-state index contributed by atoms with van der Waals surface area (Å²) in [6.45, 7) is 4.11. The molecule has 2 heteroatoms. The van der Waals surface area contributed by atoms with E-state index in [0.717, 1.165) is 11.2 Å². The first kappa shape index (κ1) is 9.65. The quantitative estimate of drug-likeness (QED) is 0.602. The maximum absolute atomic E-state index is 4.42. The van der Waals surface area contributed by atoms with E-state index in [9.17, 15) is 0 Å². The van der Waals surface area contributed by atoms with Crippen LogP contribution in [0.25, 0.3) is 10.9 Å². The van der Waals surface area contributed by atoms with Gasteiger partial charge in [-0.05, 0) is 32.0 Å². The van der Waals surface area contributed by atoms with Gasteiger partial charge in [-0.25, -0.2) is 0 Å². The Kier molecular flexibility index (Phi) is 2.61. The fraction of sp³-hybridized carbons (Fsp3) is 0.182. The molecule has 0 aliphatic carbocycles. The van der Waals surface area contributed by atoms with E-state index in [1.165, 1.54) is 10.9 Å². The van der Waals surface area contributed by atoms with Crippen molar-refractivity contribution in [3.8, 4) is 0 Å². The number of hydrogen-bond acceptors (Lipinski definition) is 1. The van der Waals surface area contributed by atoms with E-state index in [1.807, 2.05) is 13.0 Å². The van der Waals surface area contributed by atoms with Crippen molar-refractivity contribution in [3.05, 3.63) is 41.6 Å². The molecule has 0 saturated heterocycles. The third-order valence-electron chi connectivity index (χ3n) is 1.98. The van der Waals surface area contributed by atoms with Gasteiger partial charge in [0.05, 0.1) is 5.52 Å². The van der Waals surface area contributed by atoms with Crippen molar-refractivity contribution in [2.45, 2.75) is 13.8 Å². The first-order valence-electron chi connectivity index (χ1n) is 4.10. The van der Waals surface area contributed by atoms with Crippen LogP contribution in [0.5, 0.6) is 0 Å². The maximum Gasteiger partial charge on any atom is 0.0705 e. The third kappa shape index (κ3) is 1.83. The molecule has 0 unspecified atom stereocenters. The average molecular weight is 177 g/mol. The maximum atomic E-state index is 4.42. The highest BCUT2D eigenvalue weighted by Crippen LogP contribution is 2.13. The molecule has 1 aromatic heterocycles. The Bertz CT molecular complexity index is 382. The third-order valence-corrected chi connectivity index (χ3v) is 1.98. The van der Waals surface area contributed by atoms with E-state index < -0.39 is 0 Å². The van der Waals surface area contributed by atoms with Crippen LogP contribution >= 0.6 is 0 Å². The van der Waals surface area contributed by atoms with Crippen LogP contribution in [0.4, 0.5) is 4.70 Å². The van der Waals surface area contributed by atoms with Crippen molar-refractivity contribution in [1.82, 2.24) is 4.98 Å². The standard InChI is InChI=1S/C11H11N.FH/c1-8-3-6-11-10(7-8)5-4-9(2)12-11;/h3-7H,1-2H3;1H. The molecule has 0 radical (unpaired) electrons. The van der Waals surface area contributed by atoms with Crippen LogP contribution in [0, 0.1) is 13.8 Å². The van der Waals surface area contributed by atoms with Crippen LogP contribution in [0.3, 0.4) is 0 Å². The summed E-state index contributed by atoms with van der Waals surface area (Å²) in [6.07, 6.45) is 0. The second kappa shape index (κ2) is 3.52. The molecule has 0 aliphatic heterocycles. The molecule has 68 valence electrons. The van der Waals surface area contributed by atoms with E-state index in [0.29, 0.717) is 0 Å². The van der Waals surface area contributed by atoms with Crippen LogP contribution < -0.4 is 0 Å². The molecular formula is C11H12FN. The zero-order valence-corrected chi connectivity index (χ0v) is 7.74. The topological polar surface area (TPSA) is 12.9 Å². The molecule has 0 saturated carbocycles. The largest absolute Gasteiger partial charge is 0.269 e. The van der Waals surface area contributed by atoms with Gasteiger partial charge in [-0.15, -0.1) is 0 Å². The summed E-state index contributed by atoms with van der Waals surface area (Å²) in [4.78, 5) is 4.42. The monoisotopic (exact) mass is 177 g/mol. The van der Waals surface area contributed by atoms with Crippen LogP contribution in [-0.4, -0.2) is 4.98 Å². The van der Waals surface area contributed by atoms with Gasteiger partial charge in [0.25, 0.3) is 0 Å². The summed E-state index contributed by atoms with van der Waals surface area (Å²) < 4.78 is 0. The second-order valence-corrected chi connectivity index (χ2v) is 3.15. The molecule has 0 aliphatic rings. The normalized spacial score (nSPS) is 9.69. The molecule has 0 bridgehead atoms.